The van der Waals surface area contributed by atoms with Crippen LogP contribution in [0.5, 0.6) is 0 Å². The van der Waals surface area contributed by atoms with Crippen LogP contribution in [0.15, 0.2) is 58.6 Å². The van der Waals surface area contributed by atoms with Crippen molar-refractivity contribution in [1.82, 2.24) is 4.57 Å². The zero-order chi connectivity index (χ0) is 21.1. The minimum Gasteiger partial charge on any atom is -0.321 e. The van der Waals surface area contributed by atoms with Crippen LogP contribution in [-0.2, 0) is 4.79 Å². The summed E-state index contributed by atoms with van der Waals surface area (Å²) in [6.07, 6.45) is 1.65. The van der Waals surface area contributed by atoms with Gasteiger partial charge in [-0.2, -0.15) is 5.26 Å². The molecule has 0 aliphatic carbocycles. The van der Waals surface area contributed by atoms with Crippen LogP contribution in [0.25, 0.3) is 11.8 Å². The Kier molecular flexibility index (Phi) is 6.05. The Labute approximate surface area is 179 Å². The van der Waals surface area contributed by atoms with Gasteiger partial charge in [0.15, 0.2) is 0 Å². The molecule has 0 saturated carbocycles. The van der Waals surface area contributed by atoms with E-state index < -0.39 is 5.91 Å². The number of hydrogen-bond acceptors (Lipinski definition) is 2. The van der Waals surface area contributed by atoms with Crippen molar-refractivity contribution in [3.63, 3.8) is 0 Å². The predicted molar refractivity (Wildman–Crippen MR) is 121 cm³/mol. The number of nitriles is 1. The average molecular weight is 448 g/mol. The van der Waals surface area contributed by atoms with Gasteiger partial charge in [-0.05, 0) is 81.3 Å². The van der Waals surface area contributed by atoms with Gasteiger partial charge < -0.3 is 9.88 Å². The molecule has 0 aliphatic rings. The maximum absolute atomic E-state index is 12.6. The molecule has 5 heteroatoms. The number of halogens is 1. The highest BCUT2D eigenvalue weighted by molar-refractivity contribution is 9.10. The smallest absolute Gasteiger partial charge is 0.266 e. The van der Waals surface area contributed by atoms with Crippen LogP contribution < -0.4 is 5.32 Å². The van der Waals surface area contributed by atoms with Crippen molar-refractivity contribution >= 4 is 33.6 Å². The van der Waals surface area contributed by atoms with Crippen molar-refractivity contribution < 1.29 is 4.79 Å². The standard InChI is InChI=1S/C24H22BrN3O/c1-15-5-10-23(16(2)11-15)28-17(3)12-19(18(28)4)13-20(14-26)24(29)27-22-8-6-21(25)7-9-22/h5-13H,1-4H3,(H,27,29)/b20-13-. The van der Waals surface area contributed by atoms with Gasteiger partial charge in [0.1, 0.15) is 11.6 Å². The Bertz CT molecular complexity index is 1150. The van der Waals surface area contributed by atoms with Gasteiger partial charge in [-0.25, -0.2) is 0 Å². The molecule has 0 radical (unpaired) electrons. The van der Waals surface area contributed by atoms with Crippen molar-refractivity contribution in [2.24, 2.45) is 0 Å². The average Bonchev–Trinajstić information content (AvgIpc) is 2.95. The molecular formula is C24H22BrN3O. The molecule has 146 valence electrons. The molecule has 1 amide bonds. The van der Waals surface area contributed by atoms with Gasteiger partial charge >= 0.3 is 0 Å². The number of rotatable bonds is 4. The molecule has 0 bridgehead atoms. The number of benzene rings is 2. The van der Waals surface area contributed by atoms with Crippen molar-refractivity contribution in [2.75, 3.05) is 5.32 Å². The van der Waals surface area contributed by atoms with E-state index in [1.807, 2.05) is 38.1 Å². The minimum absolute atomic E-state index is 0.0637. The second kappa shape index (κ2) is 8.50. The van der Waals surface area contributed by atoms with Gasteiger partial charge in [0.2, 0.25) is 0 Å². The Morgan fingerprint density at radius 1 is 1.07 bits per heavy atom. The second-order valence-electron chi connectivity index (χ2n) is 7.08. The predicted octanol–water partition coefficient (Wildman–Crippen LogP) is 6.02. The summed E-state index contributed by atoms with van der Waals surface area (Å²) in [6, 6.07) is 17.6. The first-order chi connectivity index (χ1) is 13.8. The molecule has 1 aromatic heterocycles. The highest BCUT2D eigenvalue weighted by atomic mass is 79.9. The Morgan fingerprint density at radius 3 is 2.38 bits per heavy atom. The molecule has 0 aliphatic heterocycles. The summed E-state index contributed by atoms with van der Waals surface area (Å²) in [6.45, 7) is 8.18. The van der Waals surface area contributed by atoms with E-state index in [2.05, 4.69) is 57.9 Å². The van der Waals surface area contributed by atoms with E-state index in [0.29, 0.717) is 5.69 Å². The first-order valence-electron chi connectivity index (χ1n) is 9.25. The van der Waals surface area contributed by atoms with Crippen LogP contribution in [0, 0.1) is 39.0 Å². The zero-order valence-electron chi connectivity index (χ0n) is 16.9. The lowest BCUT2D eigenvalue weighted by Crippen LogP contribution is -2.13. The topological polar surface area (TPSA) is 57.8 Å². The lowest BCUT2D eigenvalue weighted by molar-refractivity contribution is -0.112. The third-order valence-corrected chi connectivity index (χ3v) is 5.36. The molecule has 0 saturated heterocycles. The molecule has 0 atom stereocenters. The van der Waals surface area contributed by atoms with E-state index in [1.165, 1.54) is 11.1 Å². The SMILES string of the molecule is Cc1ccc(-n2c(C)cc(/C=C(/C#N)C(=O)Nc3ccc(Br)cc3)c2C)c(C)c1. The number of nitrogens with one attached hydrogen (secondary N) is 1. The van der Waals surface area contributed by atoms with E-state index >= 15 is 0 Å². The van der Waals surface area contributed by atoms with Crippen molar-refractivity contribution in [3.05, 3.63) is 86.7 Å². The summed E-state index contributed by atoms with van der Waals surface area (Å²) in [4.78, 5) is 12.6. The maximum atomic E-state index is 12.6. The van der Waals surface area contributed by atoms with Gasteiger partial charge in [-0.1, -0.05) is 33.6 Å². The molecule has 3 aromatic rings. The zero-order valence-corrected chi connectivity index (χ0v) is 18.5. The molecular weight excluding hydrogens is 426 g/mol. The van der Waals surface area contributed by atoms with E-state index in [4.69, 9.17) is 0 Å². The van der Waals surface area contributed by atoms with Crippen molar-refractivity contribution in [1.29, 1.82) is 5.26 Å². The molecule has 4 nitrogen and oxygen atoms in total. The number of nitrogens with zero attached hydrogens (tertiary/aromatic N) is 2. The largest absolute Gasteiger partial charge is 0.321 e. The van der Waals surface area contributed by atoms with E-state index in [0.717, 1.165) is 27.1 Å². The van der Waals surface area contributed by atoms with Crippen LogP contribution in [-0.4, -0.2) is 10.5 Å². The molecule has 0 spiro atoms. The fourth-order valence-corrected chi connectivity index (χ4v) is 3.66. The quantitative estimate of drug-likeness (QED) is 0.392. The third kappa shape index (κ3) is 4.49. The van der Waals surface area contributed by atoms with Gasteiger partial charge in [0.25, 0.3) is 5.91 Å². The minimum atomic E-state index is -0.425. The Morgan fingerprint density at radius 2 is 1.76 bits per heavy atom. The van der Waals surface area contributed by atoms with E-state index in [1.54, 1.807) is 18.2 Å². The van der Waals surface area contributed by atoms with Crippen LogP contribution in [0.4, 0.5) is 5.69 Å². The Hall–Kier alpha value is -3.10. The first kappa shape index (κ1) is 20.6. The molecule has 1 heterocycles. The molecule has 0 unspecified atom stereocenters. The summed E-state index contributed by atoms with van der Waals surface area (Å²) in [5.74, 6) is -0.425. The summed E-state index contributed by atoms with van der Waals surface area (Å²) >= 11 is 3.36. The van der Waals surface area contributed by atoms with E-state index in [-0.39, 0.29) is 5.57 Å². The summed E-state index contributed by atoms with van der Waals surface area (Å²) in [5.41, 5.74) is 7.08. The third-order valence-electron chi connectivity index (χ3n) is 4.83. The monoisotopic (exact) mass is 447 g/mol. The van der Waals surface area contributed by atoms with Gasteiger partial charge in [-0.15, -0.1) is 0 Å². The lowest BCUT2D eigenvalue weighted by atomic mass is 10.1. The number of carbonyl (C=O) groups excluding carboxylic acids is 1. The van der Waals surface area contributed by atoms with Crippen molar-refractivity contribution in [2.45, 2.75) is 27.7 Å². The number of aryl methyl sites for hydroxylation is 3. The van der Waals surface area contributed by atoms with Crippen LogP contribution in [0.2, 0.25) is 0 Å². The summed E-state index contributed by atoms with van der Waals surface area (Å²) < 4.78 is 3.08. The number of carbonyl (C=O) groups is 1. The molecule has 3 rings (SSSR count). The lowest BCUT2D eigenvalue weighted by Gasteiger charge is -2.13. The summed E-state index contributed by atoms with van der Waals surface area (Å²) in [5, 5.41) is 12.3. The van der Waals surface area contributed by atoms with Crippen LogP contribution in [0.1, 0.15) is 28.1 Å². The first-order valence-corrected chi connectivity index (χ1v) is 10.0. The molecule has 2 aromatic carbocycles. The number of aromatic nitrogens is 1. The maximum Gasteiger partial charge on any atom is 0.266 e. The van der Waals surface area contributed by atoms with Gasteiger partial charge in [-0.3, -0.25) is 4.79 Å². The number of anilines is 1. The molecule has 0 fully saturated rings. The second-order valence-corrected chi connectivity index (χ2v) is 8.00. The van der Waals surface area contributed by atoms with Gasteiger partial charge in [0, 0.05) is 27.2 Å². The van der Waals surface area contributed by atoms with Crippen molar-refractivity contribution in [3.8, 4) is 11.8 Å². The fraction of sp³-hybridized carbons (Fsp3) is 0.167. The summed E-state index contributed by atoms with van der Waals surface area (Å²) in [7, 11) is 0. The number of amides is 1. The van der Waals surface area contributed by atoms with Crippen LogP contribution in [0.3, 0.4) is 0 Å². The highest BCUT2D eigenvalue weighted by Gasteiger charge is 2.15. The normalized spacial score (nSPS) is 11.2. The number of hydrogen-bond donors (Lipinski definition) is 1. The Balaban J connectivity index is 1.95. The molecule has 29 heavy (non-hydrogen) atoms. The molecule has 1 N–H and O–H groups in total. The fourth-order valence-electron chi connectivity index (χ4n) is 3.40. The van der Waals surface area contributed by atoms with E-state index in [9.17, 15) is 10.1 Å². The highest BCUT2D eigenvalue weighted by Crippen LogP contribution is 2.25. The van der Waals surface area contributed by atoms with Crippen LogP contribution >= 0.6 is 15.9 Å². The van der Waals surface area contributed by atoms with Gasteiger partial charge in [0.05, 0.1) is 0 Å².